The number of fused-ring (bicyclic) bond motifs is 1. The van der Waals surface area contributed by atoms with Crippen LogP contribution in [0.1, 0.15) is 30.4 Å². The van der Waals surface area contributed by atoms with Gasteiger partial charge in [-0.1, -0.05) is 18.2 Å². The van der Waals surface area contributed by atoms with Gasteiger partial charge in [-0.15, -0.1) is 11.3 Å². The third-order valence-electron chi connectivity index (χ3n) is 5.73. The Morgan fingerprint density at radius 1 is 1.30 bits per heavy atom. The summed E-state index contributed by atoms with van der Waals surface area (Å²) in [7, 11) is 1.60. The molecule has 158 valence electrons. The maximum absolute atomic E-state index is 13.5. The summed E-state index contributed by atoms with van der Waals surface area (Å²) >= 11 is 4.84. The fraction of sp³-hybridized carbons (Fsp3) is 0.381. The highest BCUT2D eigenvalue weighted by atomic mass is 79.9. The number of hydrogen-bond donors (Lipinski definition) is 1. The van der Waals surface area contributed by atoms with Crippen molar-refractivity contribution in [2.45, 2.75) is 44.7 Å². The molecule has 1 fully saturated rings. The minimum absolute atomic E-state index is 0.232. The molecule has 0 atom stereocenters. The minimum Gasteiger partial charge on any atom is -0.496 e. The SMILES string of the molecule is COc1ccccc1CCn1c(=O)n(C2(CC(=O)O)CC2)c(=O)c2c(C)c(Br)sc21. The second kappa shape index (κ2) is 7.70. The molecule has 1 aliphatic carbocycles. The third kappa shape index (κ3) is 3.39. The van der Waals surface area contributed by atoms with Crippen molar-refractivity contribution < 1.29 is 14.6 Å². The number of ether oxygens (including phenoxy) is 1. The zero-order valence-corrected chi connectivity index (χ0v) is 19.0. The van der Waals surface area contributed by atoms with Crippen molar-refractivity contribution in [1.82, 2.24) is 9.13 Å². The van der Waals surface area contributed by atoms with Crippen LogP contribution in [0.4, 0.5) is 0 Å². The molecule has 0 radical (unpaired) electrons. The van der Waals surface area contributed by atoms with Crippen LogP contribution in [0.3, 0.4) is 0 Å². The van der Waals surface area contributed by atoms with E-state index in [1.165, 1.54) is 15.9 Å². The first-order valence-electron chi connectivity index (χ1n) is 9.57. The molecule has 1 aromatic carbocycles. The number of carbonyl (C=O) groups is 1. The van der Waals surface area contributed by atoms with Crippen LogP contribution in [0.2, 0.25) is 0 Å². The number of benzene rings is 1. The van der Waals surface area contributed by atoms with Gasteiger partial charge in [-0.05, 0) is 59.3 Å². The highest BCUT2D eigenvalue weighted by molar-refractivity contribution is 9.11. The van der Waals surface area contributed by atoms with Gasteiger partial charge in [0, 0.05) is 6.54 Å². The Labute approximate surface area is 184 Å². The van der Waals surface area contributed by atoms with Gasteiger partial charge in [0.2, 0.25) is 0 Å². The molecule has 2 aromatic heterocycles. The molecule has 0 bridgehead atoms. The summed E-state index contributed by atoms with van der Waals surface area (Å²) < 4.78 is 9.00. The molecule has 1 aliphatic rings. The highest BCUT2D eigenvalue weighted by Gasteiger charge is 2.49. The molecule has 30 heavy (non-hydrogen) atoms. The van der Waals surface area contributed by atoms with Gasteiger partial charge in [0.1, 0.15) is 10.6 Å². The Morgan fingerprint density at radius 2 is 2.00 bits per heavy atom. The summed E-state index contributed by atoms with van der Waals surface area (Å²) in [5.41, 5.74) is -0.0549. The van der Waals surface area contributed by atoms with E-state index in [1.54, 1.807) is 11.7 Å². The monoisotopic (exact) mass is 492 g/mol. The number of nitrogens with zero attached hydrogens (tertiary/aromatic N) is 2. The summed E-state index contributed by atoms with van der Waals surface area (Å²) in [6, 6.07) is 7.61. The summed E-state index contributed by atoms with van der Waals surface area (Å²) in [5, 5.41) is 9.81. The zero-order valence-electron chi connectivity index (χ0n) is 16.6. The van der Waals surface area contributed by atoms with Crippen LogP contribution < -0.4 is 16.0 Å². The van der Waals surface area contributed by atoms with Crippen molar-refractivity contribution in [3.8, 4) is 5.75 Å². The molecule has 0 saturated heterocycles. The summed E-state index contributed by atoms with van der Waals surface area (Å²) in [4.78, 5) is 38.8. The number of para-hydroxylation sites is 1. The van der Waals surface area contributed by atoms with Crippen LogP contribution in [0.15, 0.2) is 37.6 Å². The van der Waals surface area contributed by atoms with E-state index in [0.29, 0.717) is 36.0 Å². The minimum atomic E-state index is -1.01. The summed E-state index contributed by atoms with van der Waals surface area (Å²) in [5.74, 6) is -0.272. The number of halogens is 1. The molecule has 7 nitrogen and oxygen atoms in total. The van der Waals surface area contributed by atoms with Crippen LogP contribution >= 0.6 is 27.3 Å². The van der Waals surface area contributed by atoms with Crippen molar-refractivity contribution in [2.24, 2.45) is 0 Å². The van der Waals surface area contributed by atoms with Crippen molar-refractivity contribution in [1.29, 1.82) is 0 Å². The first-order valence-corrected chi connectivity index (χ1v) is 11.2. The predicted octanol–water partition coefficient (Wildman–Crippen LogP) is 3.51. The van der Waals surface area contributed by atoms with Gasteiger partial charge in [-0.2, -0.15) is 0 Å². The molecular formula is C21H21BrN2O5S. The summed E-state index contributed by atoms with van der Waals surface area (Å²) in [6.07, 6.45) is 1.33. The van der Waals surface area contributed by atoms with E-state index in [-0.39, 0.29) is 6.42 Å². The number of aliphatic carboxylic acids is 1. The lowest BCUT2D eigenvalue weighted by atomic mass is 10.1. The highest BCUT2D eigenvalue weighted by Crippen LogP contribution is 2.45. The van der Waals surface area contributed by atoms with E-state index in [4.69, 9.17) is 4.74 Å². The maximum atomic E-state index is 13.5. The maximum Gasteiger partial charge on any atom is 0.332 e. The van der Waals surface area contributed by atoms with Crippen LogP contribution in [0, 0.1) is 6.92 Å². The molecule has 0 amide bonds. The fourth-order valence-electron chi connectivity index (χ4n) is 3.98. The van der Waals surface area contributed by atoms with Gasteiger partial charge in [0.15, 0.2) is 0 Å². The van der Waals surface area contributed by atoms with E-state index in [2.05, 4.69) is 15.9 Å². The van der Waals surface area contributed by atoms with E-state index in [1.807, 2.05) is 31.2 Å². The molecule has 1 N–H and O–H groups in total. The second-order valence-corrected chi connectivity index (χ2v) is 9.93. The van der Waals surface area contributed by atoms with E-state index in [0.717, 1.165) is 20.7 Å². The lowest BCUT2D eigenvalue weighted by Gasteiger charge is -2.19. The van der Waals surface area contributed by atoms with E-state index in [9.17, 15) is 19.5 Å². The number of aromatic nitrogens is 2. The molecule has 9 heteroatoms. The van der Waals surface area contributed by atoms with Crippen LogP contribution in [0.25, 0.3) is 10.2 Å². The molecular weight excluding hydrogens is 472 g/mol. The molecule has 0 spiro atoms. The Morgan fingerprint density at radius 3 is 2.63 bits per heavy atom. The smallest absolute Gasteiger partial charge is 0.332 e. The number of carboxylic acid groups (broad SMARTS) is 1. The zero-order chi connectivity index (χ0) is 21.6. The Kier molecular flexibility index (Phi) is 5.36. The van der Waals surface area contributed by atoms with Crippen LogP contribution in [0.5, 0.6) is 5.75 Å². The molecule has 4 rings (SSSR count). The standard InChI is InChI=1S/C21H21BrN2O5S/c1-12-16-18(27)24(21(8-9-21)11-15(25)26)20(28)23(19(16)30-17(12)22)10-7-13-5-3-4-6-14(13)29-2/h3-6H,7-11H2,1-2H3,(H,25,26). The van der Waals surface area contributed by atoms with Crippen molar-refractivity contribution in [2.75, 3.05) is 7.11 Å². The lowest BCUT2D eigenvalue weighted by molar-refractivity contribution is -0.138. The number of rotatable bonds is 7. The average Bonchev–Trinajstić information content (AvgIpc) is 3.39. The fourth-order valence-corrected chi connectivity index (χ4v) is 5.69. The normalized spacial score (nSPS) is 14.8. The number of carboxylic acids is 1. The Hall–Kier alpha value is -2.39. The van der Waals surface area contributed by atoms with Crippen molar-refractivity contribution in [3.05, 3.63) is 60.0 Å². The molecule has 0 unspecified atom stereocenters. The molecule has 3 aromatic rings. The number of methoxy groups -OCH3 is 1. The van der Waals surface area contributed by atoms with Gasteiger partial charge >= 0.3 is 11.7 Å². The van der Waals surface area contributed by atoms with Gasteiger partial charge < -0.3 is 9.84 Å². The lowest BCUT2D eigenvalue weighted by Crippen LogP contribution is -2.46. The number of aryl methyl sites for hydroxylation is 3. The molecule has 2 heterocycles. The second-order valence-electron chi connectivity index (χ2n) is 7.61. The van der Waals surface area contributed by atoms with Crippen LogP contribution in [-0.2, 0) is 23.3 Å². The van der Waals surface area contributed by atoms with E-state index >= 15 is 0 Å². The van der Waals surface area contributed by atoms with Gasteiger partial charge in [0.05, 0.1) is 28.2 Å². The third-order valence-corrected chi connectivity index (χ3v) is 7.92. The van der Waals surface area contributed by atoms with Gasteiger partial charge in [-0.25, -0.2) is 4.79 Å². The van der Waals surface area contributed by atoms with Crippen LogP contribution in [-0.4, -0.2) is 27.3 Å². The Balaban J connectivity index is 1.89. The quantitative estimate of drug-likeness (QED) is 0.544. The molecule has 0 aliphatic heterocycles. The average molecular weight is 493 g/mol. The predicted molar refractivity (Wildman–Crippen MR) is 119 cm³/mol. The number of hydrogen-bond acceptors (Lipinski definition) is 5. The van der Waals surface area contributed by atoms with Gasteiger partial charge in [-0.3, -0.25) is 18.7 Å². The summed E-state index contributed by atoms with van der Waals surface area (Å²) in [6.45, 7) is 2.19. The topological polar surface area (TPSA) is 90.5 Å². The van der Waals surface area contributed by atoms with Gasteiger partial charge in [0.25, 0.3) is 5.56 Å². The molecule has 1 saturated carbocycles. The first kappa shape index (κ1) is 20.9. The number of thiophene rings is 1. The van der Waals surface area contributed by atoms with E-state index < -0.39 is 22.8 Å². The van der Waals surface area contributed by atoms with Crippen molar-refractivity contribution >= 4 is 43.5 Å². The first-order chi connectivity index (χ1) is 14.3. The largest absolute Gasteiger partial charge is 0.496 e. The Bertz CT molecular complexity index is 1270. The van der Waals surface area contributed by atoms with Crippen molar-refractivity contribution in [3.63, 3.8) is 0 Å².